The molecule has 2 unspecified atom stereocenters. The number of carbonyl (C=O) groups excluding carboxylic acids is 2. The smallest absolute Gasteiger partial charge is 0.337 e. The van der Waals surface area contributed by atoms with Crippen LogP contribution in [0.1, 0.15) is 63.6 Å². The van der Waals surface area contributed by atoms with Gasteiger partial charge >= 0.3 is 12.0 Å². The summed E-state index contributed by atoms with van der Waals surface area (Å²) in [5.74, 6) is -2.22. The summed E-state index contributed by atoms with van der Waals surface area (Å²) < 4.78 is 32.8. The molecule has 0 saturated carbocycles. The molecule has 2 aliphatic rings. The van der Waals surface area contributed by atoms with Crippen molar-refractivity contribution in [2.75, 3.05) is 33.3 Å². The third-order valence-corrected chi connectivity index (χ3v) is 8.31. The SMILES string of the molecule is COC(=O)C1=C(C)NC(=O)N(CCCC(C)CN2CCC(C)(c3ccccc3)CC2)C1c1ccc(F)c(F)c1. The number of piperidine rings is 1. The third kappa shape index (κ3) is 6.49. The minimum Gasteiger partial charge on any atom is -0.466 e. The molecule has 4 rings (SSSR count). The van der Waals surface area contributed by atoms with Crippen molar-refractivity contribution in [2.24, 2.45) is 5.92 Å². The molecule has 0 radical (unpaired) electrons. The summed E-state index contributed by atoms with van der Waals surface area (Å²) in [6.07, 6.45) is 3.83. The molecule has 210 valence electrons. The number of nitrogens with zero attached hydrogens (tertiary/aromatic N) is 2. The van der Waals surface area contributed by atoms with Crippen molar-refractivity contribution in [3.8, 4) is 0 Å². The highest BCUT2D eigenvalue weighted by atomic mass is 19.2. The molecule has 2 aromatic carbocycles. The normalized spacial score (nSPS) is 20.5. The van der Waals surface area contributed by atoms with Crippen LogP contribution in [0, 0.1) is 17.6 Å². The Balaban J connectivity index is 1.38. The Labute approximate surface area is 230 Å². The van der Waals surface area contributed by atoms with Crippen LogP contribution in [0.2, 0.25) is 0 Å². The predicted molar refractivity (Wildman–Crippen MR) is 147 cm³/mol. The zero-order valence-corrected chi connectivity index (χ0v) is 23.3. The van der Waals surface area contributed by atoms with E-state index in [4.69, 9.17) is 4.74 Å². The molecule has 2 aliphatic heterocycles. The summed E-state index contributed by atoms with van der Waals surface area (Å²) in [7, 11) is 1.26. The summed E-state index contributed by atoms with van der Waals surface area (Å²) in [6, 6.07) is 13.0. The maximum atomic E-state index is 14.2. The zero-order valence-electron chi connectivity index (χ0n) is 23.3. The Kier molecular flexibility index (Phi) is 9.05. The number of allylic oxidation sites excluding steroid dienone is 1. The third-order valence-electron chi connectivity index (χ3n) is 8.31. The quantitative estimate of drug-likeness (QED) is 0.400. The first-order chi connectivity index (χ1) is 18.6. The summed E-state index contributed by atoms with van der Waals surface area (Å²) >= 11 is 0. The number of rotatable bonds is 9. The predicted octanol–water partition coefficient (Wildman–Crippen LogP) is 5.95. The lowest BCUT2D eigenvalue weighted by Crippen LogP contribution is -2.49. The van der Waals surface area contributed by atoms with Crippen LogP contribution < -0.4 is 5.32 Å². The van der Waals surface area contributed by atoms with Gasteiger partial charge in [-0.2, -0.15) is 0 Å². The van der Waals surface area contributed by atoms with Crippen molar-refractivity contribution in [1.29, 1.82) is 0 Å². The van der Waals surface area contributed by atoms with Crippen molar-refractivity contribution < 1.29 is 23.1 Å². The van der Waals surface area contributed by atoms with E-state index < -0.39 is 23.6 Å². The molecule has 0 spiro atoms. The largest absolute Gasteiger partial charge is 0.466 e. The summed E-state index contributed by atoms with van der Waals surface area (Å²) in [5, 5.41) is 2.74. The van der Waals surface area contributed by atoms with Crippen molar-refractivity contribution in [1.82, 2.24) is 15.1 Å². The monoisotopic (exact) mass is 539 g/mol. The average Bonchev–Trinajstić information content (AvgIpc) is 2.92. The van der Waals surface area contributed by atoms with E-state index in [1.54, 1.807) is 6.92 Å². The van der Waals surface area contributed by atoms with Crippen LogP contribution in [0.5, 0.6) is 0 Å². The number of amides is 2. The Bertz CT molecular complexity index is 1210. The molecule has 1 saturated heterocycles. The second-order valence-electron chi connectivity index (χ2n) is 11.2. The lowest BCUT2D eigenvalue weighted by atomic mass is 9.74. The molecule has 0 bridgehead atoms. The number of benzene rings is 2. The van der Waals surface area contributed by atoms with Gasteiger partial charge in [0.15, 0.2) is 11.6 Å². The van der Waals surface area contributed by atoms with Gasteiger partial charge in [0.2, 0.25) is 0 Å². The average molecular weight is 540 g/mol. The van der Waals surface area contributed by atoms with Gasteiger partial charge in [-0.25, -0.2) is 18.4 Å². The molecule has 8 heteroatoms. The van der Waals surface area contributed by atoms with E-state index in [2.05, 4.69) is 54.4 Å². The van der Waals surface area contributed by atoms with Gasteiger partial charge in [-0.1, -0.05) is 50.2 Å². The van der Waals surface area contributed by atoms with E-state index >= 15 is 0 Å². The van der Waals surface area contributed by atoms with Crippen LogP contribution in [0.15, 0.2) is 59.8 Å². The van der Waals surface area contributed by atoms with Gasteiger partial charge < -0.3 is 19.9 Å². The Morgan fingerprint density at radius 3 is 2.46 bits per heavy atom. The standard InChI is InChI=1S/C31H39F2N3O3/c1-21(20-35-17-14-31(3,15-18-35)24-10-6-5-7-11-24)9-8-16-36-28(23-12-13-25(32)26(33)19-23)27(29(37)39-4)22(2)34-30(36)38/h5-7,10-13,19,21,28H,8-9,14-18,20H2,1-4H3,(H,34,38). The maximum Gasteiger partial charge on any atom is 0.337 e. The van der Waals surface area contributed by atoms with Crippen LogP contribution in [0.3, 0.4) is 0 Å². The molecule has 2 heterocycles. The molecule has 1 N–H and O–H groups in total. The summed E-state index contributed by atoms with van der Waals surface area (Å²) in [5.41, 5.74) is 2.50. The molecule has 39 heavy (non-hydrogen) atoms. The van der Waals surface area contributed by atoms with E-state index in [9.17, 15) is 18.4 Å². The number of likely N-dealkylation sites (tertiary alicyclic amines) is 1. The summed E-state index contributed by atoms with van der Waals surface area (Å²) in [6.45, 7) is 9.63. The van der Waals surface area contributed by atoms with Crippen molar-refractivity contribution in [3.05, 3.63) is 82.6 Å². The molecule has 6 nitrogen and oxygen atoms in total. The number of esters is 1. The van der Waals surface area contributed by atoms with Gasteiger partial charge in [-0.15, -0.1) is 0 Å². The van der Waals surface area contributed by atoms with Crippen molar-refractivity contribution in [2.45, 2.75) is 57.9 Å². The second-order valence-corrected chi connectivity index (χ2v) is 11.2. The van der Waals surface area contributed by atoms with Crippen LogP contribution in [0.25, 0.3) is 0 Å². The number of hydrogen-bond acceptors (Lipinski definition) is 4. The van der Waals surface area contributed by atoms with E-state index in [0.717, 1.165) is 51.0 Å². The van der Waals surface area contributed by atoms with E-state index in [1.807, 2.05) is 0 Å². The number of ether oxygens (including phenoxy) is 1. The van der Waals surface area contributed by atoms with Gasteiger partial charge in [-0.3, -0.25) is 0 Å². The van der Waals surface area contributed by atoms with Crippen LogP contribution in [-0.2, 0) is 14.9 Å². The lowest BCUT2D eigenvalue weighted by Gasteiger charge is -2.41. The molecule has 2 atom stereocenters. The number of methoxy groups -OCH3 is 1. The highest BCUT2D eigenvalue weighted by Gasteiger charge is 2.38. The van der Waals surface area contributed by atoms with Gasteiger partial charge in [0, 0.05) is 18.8 Å². The zero-order chi connectivity index (χ0) is 28.2. The van der Waals surface area contributed by atoms with Crippen molar-refractivity contribution >= 4 is 12.0 Å². The summed E-state index contributed by atoms with van der Waals surface area (Å²) in [4.78, 5) is 29.7. The molecule has 0 aliphatic carbocycles. The Morgan fingerprint density at radius 2 is 1.82 bits per heavy atom. The fourth-order valence-corrected chi connectivity index (χ4v) is 5.91. The molecular formula is C31H39F2N3O3. The molecule has 2 aromatic rings. The Hall–Kier alpha value is -3.26. The first-order valence-corrected chi connectivity index (χ1v) is 13.7. The first kappa shape index (κ1) is 28.7. The van der Waals surface area contributed by atoms with Crippen LogP contribution in [-0.4, -0.2) is 55.1 Å². The van der Waals surface area contributed by atoms with Crippen molar-refractivity contribution in [3.63, 3.8) is 0 Å². The minimum absolute atomic E-state index is 0.209. The molecule has 0 aromatic heterocycles. The maximum absolute atomic E-state index is 14.2. The number of carbonyl (C=O) groups is 2. The number of hydrogen-bond donors (Lipinski definition) is 1. The topological polar surface area (TPSA) is 61.9 Å². The fraction of sp³-hybridized carbons (Fsp3) is 0.484. The van der Waals surface area contributed by atoms with Gasteiger partial charge in [0.05, 0.1) is 18.7 Å². The van der Waals surface area contributed by atoms with E-state index in [-0.39, 0.29) is 17.0 Å². The number of halogens is 2. The number of nitrogens with one attached hydrogen (secondary N) is 1. The highest BCUT2D eigenvalue weighted by Crippen LogP contribution is 2.36. The lowest BCUT2D eigenvalue weighted by molar-refractivity contribution is -0.137. The minimum atomic E-state index is -1.03. The van der Waals surface area contributed by atoms with Gasteiger partial charge in [-0.05, 0) is 80.3 Å². The Morgan fingerprint density at radius 1 is 1.13 bits per heavy atom. The second kappa shape index (κ2) is 12.3. The van der Waals surface area contributed by atoms with Gasteiger partial charge in [0.25, 0.3) is 0 Å². The van der Waals surface area contributed by atoms with E-state index in [1.165, 1.54) is 23.6 Å². The molecule has 2 amide bonds. The number of urea groups is 1. The highest BCUT2D eigenvalue weighted by molar-refractivity contribution is 5.95. The van der Waals surface area contributed by atoms with Crippen LogP contribution >= 0.6 is 0 Å². The fourth-order valence-electron chi connectivity index (χ4n) is 5.91. The first-order valence-electron chi connectivity index (χ1n) is 13.7. The van der Waals surface area contributed by atoms with Crippen LogP contribution in [0.4, 0.5) is 13.6 Å². The van der Waals surface area contributed by atoms with Gasteiger partial charge in [0.1, 0.15) is 0 Å². The van der Waals surface area contributed by atoms with E-state index in [0.29, 0.717) is 30.1 Å². The molecule has 1 fully saturated rings. The molecular weight excluding hydrogens is 500 g/mol.